The Morgan fingerprint density at radius 2 is 1.83 bits per heavy atom. The summed E-state index contributed by atoms with van der Waals surface area (Å²) in [4.78, 5) is 12.4. The number of hydrogen-bond donors (Lipinski definition) is 2. The molecule has 5 nitrogen and oxygen atoms in total. The molecule has 1 rings (SSSR count). The maximum atomic E-state index is 12.4. The minimum Gasteiger partial charge on any atom is -0.444 e. The lowest BCUT2D eigenvalue weighted by Gasteiger charge is -2.53. The van der Waals surface area contributed by atoms with Crippen LogP contribution in [0.2, 0.25) is 0 Å². The van der Waals surface area contributed by atoms with Crippen molar-refractivity contribution in [3.63, 3.8) is 0 Å². The van der Waals surface area contributed by atoms with E-state index in [1.165, 1.54) is 0 Å². The first-order chi connectivity index (χ1) is 10.2. The molecule has 2 N–H and O–H groups in total. The van der Waals surface area contributed by atoms with E-state index in [0.29, 0.717) is 16.9 Å². The van der Waals surface area contributed by atoms with E-state index < -0.39 is 17.4 Å². The SMILES string of the molecule is CC1[C@@H](CO)C[C@@](NC(=O)OC(C)(C)C)(O[SiH3])[C@]1(C)C(C)(C)C. The highest BCUT2D eigenvalue weighted by Crippen LogP contribution is 2.61. The molecule has 0 bridgehead atoms. The van der Waals surface area contributed by atoms with Crippen LogP contribution in [0, 0.1) is 22.7 Å². The largest absolute Gasteiger partial charge is 0.444 e. The van der Waals surface area contributed by atoms with E-state index in [4.69, 9.17) is 9.16 Å². The Morgan fingerprint density at radius 1 is 1.30 bits per heavy atom. The predicted molar refractivity (Wildman–Crippen MR) is 95.0 cm³/mol. The number of aliphatic hydroxyl groups excluding tert-OH is 1. The average molecular weight is 346 g/mol. The number of rotatable bonds is 3. The van der Waals surface area contributed by atoms with Gasteiger partial charge in [0.05, 0.1) is 0 Å². The molecule has 0 spiro atoms. The lowest BCUT2D eigenvalue weighted by atomic mass is 9.58. The van der Waals surface area contributed by atoms with Gasteiger partial charge in [-0.05, 0) is 38.0 Å². The van der Waals surface area contributed by atoms with Crippen molar-refractivity contribution in [2.75, 3.05) is 6.61 Å². The van der Waals surface area contributed by atoms with Gasteiger partial charge in [-0.2, -0.15) is 0 Å². The smallest absolute Gasteiger partial charge is 0.409 e. The first-order valence-electron chi connectivity index (χ1n) is 8.41. The van der Waals surface area contributed by atoms with Crippen molar-refractivity contribution in [3.05, 3.63) is 0 Å². The summed E-state index contributed by atoms with van der Waals surface area (Å²) in [7, 11) is 0.491. The molecule has 1 unspecified atom stereocenters. The average Bonchev–Trinajstić information content (AvgIpc) is 2.58. The molecule has 1 amide bonds. The van der Waals surface area contributed by atoms with Gasteiger partial charge in [-0.15, -0.1) is 0 Å². The zero-order valence-electron chi connectivity index (χ0n) is 16.2. The van der Waals surface area contributed by atoms with Gasteiger partial charge in [-0.25, -0.2) is 4.79 Å². The number of carbonyl (C=O) groups excluding carboxylic acids is 1. The standard InChI is InChI=1S/C17H35NO4Si/c1-11-12(10-19)9-17(22-23,16(11,8)14(2,3)4)18-13(20)21-15(5,6)7/h11-12,19H,9-10H2,1-8,23H3,(H,18,20)/t11?,12-,16+,17-/m1/s1. The molecule has 0 aromatic rings. The van der Waals surface area contributed by atoms with Crippen molar-refractivity contribution >= 4 is 16.6 Å². The van der Waals surface area contributed by atoms with Crippen LogP contribution in [0.25, 0.3) is 0 Å². The molecule has 0 radical (unpaired) electrons. The van der Waals surface area contributed by atoms with Gasteiger partial charge in [0.25, 0.3) is 0 Å². The summed E-state index contributed by atoms with van der Waals surface area (Å²) in [5.74, 6) is 0.291. The van der Waals surface area contributed by atoms with Crippen molar-refractivity contribution < 1.29 is 19.1 Å². The van der Waals surface area contributed by atoms with E-state index in [9.17, 15) is 9.90 Å². The zero-order chi connectivity index (χ0) is 18.3. The lowest BCUT2D eigenvalue weighted by molar-refractivity contribution is -0.124. The Kier molecular flexibility index (Phi) is 5.67. The minimum absolute atomic E-state index is 0.0862. The number of alkyl carbamates (subject to hydrolysis) is 1. The molecular weight excluding hydrogens is 310 g/mol. The Morgan fingerprint density at radius 3 is 2.17 bits per heavy atom. The topological polar surface area (TPSA) is 67.8 Å². The number of aliphatic hydroxyl groups is 1. The quantitative estimate of drug-likeness (QED) is 0.608. The van der Waals surface area contributed by atoms with E-state index in [1.807, 2.05) is 20.8 Å². The molecule has 1 aliphatic carbocycles. The fraction of sp³-hybridized carbons (Fsp3) is 0.941. The van der Waals surface area contributed by atoms with Crippen LogP contribution in [0.5, 0.6) is 0 Å². The fourth-order valence-corrected chi connectivity index (χ4v) is 4.80. The zero-order valence-corrected chi connectivity index (χ0v) is 18.2. The van der Waals surface area contributed by atoms with Crippen molar-refractivity contribution in [2.45, 2.75) is 73.1 Å². The van der Waals surface area contributed by atoms with Crippen LogP contribution in [-0.2, 0) is 9.16 Å². The predicted octanol–water partition coefficient (Wildman–Crippen LogP) is 2.21. The highest BCUT2D eigenvalue weighted by Gasteiger charge is 2.65. The van der Waals surface area contributed by atoms with Gasteiger partial charge in [-0.1, -0.05) is 34.6 Å². The van der Waals surface area contributed by atoms with Gasteiger partial charge < -0.3 is 14.3 Å². The van der Waals surface area contributed by atoms with Crippen LogP contribution in [0.4, 0.5) is 4.79 Å². The molecule has 1 fully saturated rings. The molecule has 136 valence electrons. The normalized spacial score (nSPS) is 35.3. The summed E-state index contributed by atoms with van der Waals surface area (Å²) in [5.41, 5.74) is -1.82. The number of carbonyl (C=O) groups is 1. The van der Waals surface area contributed by atoms with Crippen molar-refractivity contribution in [3.8, 4) is 0 Å². The summed E-state index contributed by atoms with van der Waals surface area (Å²) in [6.45, 7) is 16.4. The number of hydrogen-bond acceptors (Lipinski definition) is 4. The second-order valence-corrected chi connectivity index (χ2v) is 9.45. The monoisotopic (exact) mass is 345 g/mol. The highest BCUT2D eigenvalue weighted by atomic mass is 28.2. The molecule has 4 atom stereocenters. The summed E-state index contributed by atoms with van der Waals surface area (Å²) in [5, 5.41) is 12.8. The lowest BCUT2D eigenvalue weighted by Crippen LogP contribution is -2.63. The van der Waals surface area contributed by atoms with E-state index in [1.54, 1.807) is 0 Å². The first-order valence-corrected chi connectivity index (χ1v) is 9.23. The van der Waals surface area contributed by atoms with Crippen LogP contribution >= 0.6 is 0 Å². The molecule has 6 heteroatoms. The maximum Gasteiger partial charge on any atom is 0.409 e. The molecule has 1 aliphatic rings. The van der Waals surface area contributed by atoms with E-state index >= 15 is 0 Å². The van der Waals surface area contributed by atoms with Gasteiger partial charge in [-0.3, -0.25) is 5.32 Å². The van der Waals surface area contributed by atoms with Gasteiger partial charge >= 0.3 is 6.09 Å². The fourth-order valence-electron chi connectivity index (χ4n) is 4.10. The third kappa shape index (κ3) is 3.59. The minimum atomic E-state index is -0.813. The van der Waals surface area contributed by atoms with Gasteiger partial charge in [0.2, 0.25) is 0 Å². The molecule has 0 aromatic carbocycles. The van der Waals surface area contributed by atoms with Crippen molar-refractivity contribution in [2.24, 2.45) is 22.7 Å². The van der Waals surface area contributed by atoms with Crippen LogP contribution in [0.3, 0.4) is 0 Å². The van der Waals surface area contributed by atoms with Gasteiger partial charge in [0, 0.05) is 18.4 Å². The second kappa shape index (κ2) is 6.37. The Labute approximate surface area is 144 Å². The molecule has 23 heavy (non-hydrogen) atoms. The van der Waals surface area contributed by atoms with Gasteiger partial charge in [0.1, 0.15) is 21.8 Å². The Balaban J connectivity index is 3.26. The molecule has 0 aromatic heterocycles. The van der Waals surface area contributed by atoms with Crippen molar-refractivity contribution in [1.29, 1.82) is 0 Å². The molecule has 0 saturated heterocycles. The van der Waals surface area contributed by atoms with Crippen LogP contribution in [-0.4, -0.2) is 39.6 Å². The summed E-state index contributed by atoms with van der Waals surface area (Å²) in [6, 6.07) is 0. The Bertz CT molecular complexity index is 443. The molecule has 0 heterocycles. The highest BCUT2D eigenvalue weighted by molar-refractivity contribution is 5.98. The molecular formula is C17H35NO4Si. The number of nitrogens with one attached hydrogen (secondary N) is 1. The summed E-state index contributed by atoms with van der Waals surface area (Å²) in [6.07, 6.45) is 0.135. The maximum absolute atomic E-state index is 12.4. The first kappa shape index (κ1) is 20.5. The number of ether oxygens (including phenoxy) is 1. The molecule has 0 aliphatic heterocycles. The molecule has 1 saturated carbocycles. The number of amides is 1. The van der Waals surface area contributed by atoms with Crippen LogP contribution in [0.1, 0.15) is 61.8 Å². The van der Waals surface area contributed by atoms with Crippen LogP contribution in [0.15, 0.2) is 0 Å². The summed E-state index contributed by atoms with van der Waals surface area (Å²) < 4.78 is 11.5. The summed E-state index contributed by atoms with van der Waals surface area (Å²) >= 11 is 0. The van der Waals surface area contributed by atoms with Crippen molar-refractivity contribution in [1.82, 2.24) is 5.32 Å². The second-order valence-electron chi connectivity index (χ2n) is 9.05. The third-order valence-electron chi connectivity index (χ3n) is 5.85. The van der Waals surface area contributed by atoms with E-state index in [2.05, 4.69) is 39.9 Å². The van der Waals surface area contributed by atoms with Crippen LogP contribution < -0.4 is 5.32 Å². The van der Waals surface area contributed by atoms with Gasteiger partial charge in [0.15, 0.2) is 0 Å². The van der Waals surface area contributed by atoms with E-state index in [0.717, 1.165) is 0 Å². The van der Waals surface area contributed by atoms with E-state index in [-0.39, 0.29) is 29.3 Å². The third-order valence-corrected chi connectivity index (χ3v) is 6.55. The Hall–Kier alpha value is -0.593.